The molecule has 154 valence electrons. The molecule has 1 saturated heterocycles. The van der Waals surface area contributed by atoms with Crippen molar-refractivity contribution in [3.05, 3.63) is 64.8 Å². The molecule has 0 unspecified atom stereocenters. The highest BCUT2D eigenvalue weighted by molar-refractivity contribution is 6.32. The highest BCUT2D eigenvalue weighted by Gasteiger charge is 2.46. The number of rotatable bonds is 2. The van der Waals surface area contributed by atoms with E-state index in [1.54, 1.807) is 18.2 Å². The van der Waals surface area contributed by atoms with Crippen LogP contribution in [-0.4, -0.2) is 40.8 Å². The Morgan fingerprint density at radius 3 is 2.70 bits per heavy atom. The van der Waals surface area contributed by atoms with Gasteiger partial charge in [-0.05, 0) is 24.3 Å². The second kappa shape index (κ2) is 7.06. The van der Waals surface area contributed by atoms with Crippen LogP contribution in [0.4, 0.5) is 0 Å². The third-order valence-electron chi connectivity index (χ3n) is 6.14. The number of carbonyl (C=O) groups is 1. The van der Waals surface area contributed by atoms with Gasteiger partial charge in [0.05, 0.1) is 29.6 Å². The Morgan fingerprint density at radius 2 is 1.93 bits per heavy atom. The van der Waals surface area contributed by atoms with Crippen molar-refractivity contribution in [2.45, 2.75) is 18.4 Å². The summed E-state index contributed by atoms with van der Waals surface area (Å²) in [4.78, 5) is 15.0. The zero-order chi connectivity index (χ0) is 20.9. The van der Waals surface area contributed by atoms with Gasteiger partial charge in [0.25, 0.3) is 5.91 Å². The molecule has 1 amide bonds. The van der Waals surface area contributed by atoms with E-state index in [-0.39, 0.29) is 5.91 Å². The number of amides is 1. The van der Waals surface area contributed by atoms with Crippen molar-refractivity contribution in [3.63, 3.8) is 0 Å². The fourth-order valence-electron chi connectivity index (χ4n) is 4.60. The van der Waals surface area contributed by atoms with E-state index < -0.39 is 5.60 Å². The van der Waals surface area contributed by atoms with Crippen LogP contribution in [0.15, 0.2) is 48.7 Å². The molecule has 3 aromatic rings. The molecule has 0 bridgehead atoms. The first-order valence-electron chi connectivity index (χ1n) is 9.97. The number of fused-ring (bicyclic) bond motifs is 4. The van der Waals surface area contributed by atoms with Crippen molar-refractivity contribution in [2.24, 2.45) is 7.05 Å². The van der Waals surface area contributed by atoms with E-state index in [0.717, 1.165) is 22.6 Å². The minimum absolute atomic E-state index is 0.0770. The maximum absolute atomic E-state index is 13.2. The minimum Gasteiger partial charge on any atom is -0.494 e. The normalized spacial score (nSPS) is 16.6. The van der Waals surface area contributed by atoms with E-state index in [1.165, 1.54) is 7.11 Å². The summed E-state index contributed by atoms with van der Waals surface area (Å²) in [6, 6.07) is 13.3. The largest absolute Gasteiger partial charge is 0.494 e. The van der Waals surface area contributed by atoms with Crippen LogP contribution >= 0.6 is 11.6 Å². The average Bonchev–Trinajstić information content (AvgIpc) is 3.17. The fourth-order valence-corrected chi connectivity index (χ4v) is 4.86. The van der Waals surface area contributed by atoms with Crippen LogP contribution in [0.3, 0.4) is 0 Å². The lowest BCUT2D eigenvalue weighted by molar-refractivity contribution is -0.00179. The van der Waals surface area contributed by atoms with Gasteiger partial charge in [-0.25, -0.2) is 0 Å². The lowest BCUT2D eigenvalue weighted by Gasteiger charge is -2.44. The maximum Gasteiger partial charge on any atom is 0.257 e. The maximum atomic E-state index is 13.2. The van der Waals surface area contributed by atoms with Crippen molar-refractivity contribution in [3.8, 4) is 22.8 Å². The quantitative estimate of drug-likeness (QED) is 0.617. The van der Waals surface area contributed by atoms with Gasteiger partial charge in [-0.3, -0.25) is 9.48 Å². The number of aryl methyl sites for hydroxylation is 1. The van der Waals surface area contributed by atoms with Gasteiger partial charge in [-0.1, -0.05) is 29.8 Å². The number of likely N-dealkylation sites (tertiary alicyclic amines) is 1. The lowest BCUT2D eigenvalue weighted by atomic mass is 9.81. The Labute approximate surface area is 180 Å². The van der Waals surface area contributed by atoms with Gasteiger partial charge in [0.1, 0.15) is 17.1 Å². The first kappa shape index (κ1) is 19.0. The van der Waals surface area contributed by atoms with E-state index in [2.05, 4.69) is 11.2 Å². The fraction of sp³-hybridized carbons (Fsp3) is 0.304. The molecule has 30 heavy (non-hydrogen) atoms. The van der Waals surface area contributed by atoms with Crippen LogP contribution in [0.1, 0.15) is 28.8 Å². The number of nitrogens with zero attached hydrogens (tertiary/aromatic N) is 3. The zero-order valence-corrected chi connectivity index (χ0v) is 17.6. The third kappa shape index (κ3) is 2.78. The summed E-state index contributed by atoms with van der Waals surface area (Å²) in [5.41, 5.74) is 3.25. The van der Waals surface area contributed by atoms with Crippen molar-refractivity contribution in [1.29, 1.82) is 0 Å². The Bertz CT molecular complexity index is 1130. The predicted octanol–water partition coefficient (Wildman–Crippen LogP) is 4.27. The number of aromatic nitrogens is 2. The molecule has 1 spiro atoms. The van der Waals surface area contributed by atoms with Crippen LogP contribution < -0.4 is 9.47 Å². The van der Waals surface area contributed by atoms with Gasteiger partial charge in [0.15, 0.2) is 0 Å². The highest BCUT2D eigenvalue weighted by Crippen LogP contribution is 2.49. The number of para-hydroxylation sites is 2. The van der Waals surface area contributed by atoms with Gasteiger partial charge < -0.3 is 14.4 Å². The number of hydrogen-bond donors (Lipinski definition) is 0. The Hall–Kier alpha value is -2.99. The molecule has 6 nitrogen and oxygen atoms in total. The molecule has 0 saturated carbocycles. The van der Waals surface area contributed by atoms with Crippen LogP contribution in [0, 0.1) is 0 Å². The van der Waals surface area contributed by atoms with Crippen molar-refractivity contribution in [2.75, 3.05) is 20.2 Å². The SMILES string of the molecule is COc1c(Cl)cccc1C(=O)N1CCC2(CC1)Oc1ccccc1-c1c2cnn1C. The van der Waals surface area contributed by atoms with Gasteiger partial charge in [-0.15, -0.1) is 0 Å². The van der Waals surface area contributed by atoms with Gasteiger partial charge in [-0.2, -0.15) is 5.10 Å². The number of carbonyl (C=O) groups excluding carboxylic acids is 1. The topological polar surface area (TPSA) is 56.6 Å². The summed E-state index contributed by atoms with van der Waals surface area (Å²) in [5, 5.41) is 4.94. The summed E-state index contributed by atoms with van der Waals surface area (Å²) in [7, 11) is 3.49. The summed E-state index contributed by atoms with van der Waals surface area (Å²) < 4.78 is 13.8. The standard InChI is InChI=1S/C23H22ClN3O3/c1-26-20-15-6-3-4-9-19(15)30-23(17(20)14-25-26)10-12-27(13-11-23)22(28)16-7-5-8-18(24)21(16)29-2/h3-9,14H,10-13H2,1-2H3. The Balaban J connectivity index is 1.44. The third-order valence-corrected chi connectivity index (χ3v) is 6.43. The molecule has 2 aromatic carbocycles. The molecule has 1 aromatic heterocycles. The van der Waals surface area contributed by atoms with E-state index in [9.17, 15) is 4.79 Å². The molecule has 0 aliphatic carbocycles. The molecule has 3 heterocycles. The predicted molar refractivity (Wildman–Crippen MR) is 114 cm³/mol. The van der Waals surface area contributed by atoms with E-state index in [4.69, 9.17) is 21.1 Å². The first-order chi connectivity index (χ1) is 14.5. The summed E-state index contributed by atoms with van der Waals surface area (Å²) in [6.45, 7) is 1.15. The molecule has 0 atom stereocenters. The van der Waals surface area contributed by atoms with Gasteiger partial charge in [0.2, 0.25) is 0 Å². The monoisotopic (exact) mass is 423 g/mol. The number of halogens is 1. The van der Waals surface area contributed by atoms with Crippen LogP contribution in [-0.2, 0) is 12.6 Å². The molecular weight excluding hydrogens is 402 g/mol. The van der Waals surface area contributed by atoms with E-state index >= 15 is 0 Å². The molecular formula is C23H22ClN3O3. The smallest absolute Gasteiger partial charge is 0.257 e. The minimum atomic E-state index is -0.479. The average molecular weight is 424 g/mol. The summed E-state index contributed by atoms with van der Waals surface area (Å²) >= 11 is 6.21. The molecule has 2 aliphatic rings. The molecule has 7 heteroatoms. The van der Waals surface area contributed by atoms with Crippen LogP contribution in [0.5, 0.6) is 11.5 Å². The lowest BCUT2D eigenvalue weighted by Crippen LogP contribution is -2.49. The highest BCUT2D eigenvalue weighted by atomic mass is 35.5. The second-order valence-corrected chi connectivity index (χ2v) is 8.14. The van der Waals surface area contributed by atoms with E-state index in [1.807, 2.05) is 41.0 Å². The number of methoxy groups -OCH3 is 1. The molecule has 0 radical (unpaired) electrons. The number of ether oxygens (including phenoxy) is 2. The molecule has 2 aliphatic heterocycles. The van der Waals surface area contributed by atoms with Crippen molar-refractivity contribution < 1.29 is 14.3 Å². The molecule has 5 rings (SSSR count). The van der Waals surface area contributed by atoms with Gasteiger partial charge >= 0.3 is 0 Å². The number of hydrogen-bond acceptors (Lipinski definition) is 4. The van der Waals surface area contributed by atoms with Crippen LogP contribution in [0.2, 0.25) is 5.02 Å². The molecule has 0 N–H and O–H groups in total. The second-order valence-electron chi connectivity index (χ2n) is 7.74. The first-order valence-corrected chi connectivity index (χ1v) is 10.3. The van der Waals surface area contributed by atoms with Crippen LogP contribution in [0.25, 0.3) is 11.3 Å². The van der Waals surface area contributed by atoms with Crippen molar-refractivity contribution >= 4 is 17.5 Å². The van der Waals surface area contributed by atoms with E-state index in [0.29, 0.717) is 42.3 Å². The zero-order valence-electron chi connectivity index (χ0n) is 16.9. The number of benzene rings is 2. The summed E-state index contributed by atoms with van der Waals surface area (Å²) in [6.07, 6.45) is 3.28. The van der Waals surface area contributed by atoms with Crippen molar-refractivity contribution in [1.82, 2.24) is 14.7 Å². The Kier molecular flexibility index (Phi) is 4.47. The summed E-state index contributed by atoms with van der Waals surface area (Å²) in [5.74, 6) is 1.21. The Morgan fingerprint density at radius 1 is 1.17 bits per heavy atom. The van der Waals surface area contributed by atoms with Gasteiger partial charge in [0, 0.05) is 44.1 Å². The number of piperidine rings is 1. The molecule has 1 fully saturated rings.